The van der Waals surface area contributed by atoms with Crippen molar-refractivity contribution in [3.8, 4) is 5.75 Å². The van der Waals surface area contributed by atoms with Crippen LogP contribution in [0.2, 0.25) is 0 Å². The third-order valence-corrected chi connectivity index (χ3v) is 8.89. The van der Waals surface area contributed by atoms with Crippen molar-refractivity contribution in [2.75, 3.05) is 6.61 Å². The lowest BCUT2D eigenvalue weighted by Gasteiger charge is -2.34. The molecule has 1 aromatic heterocycles. The Hall–Kier alpha value is -5.70. The Morgan fingerprint density at radius 3 is 1.69 bits per heavy atom. The van der Waals surface area contributed by atoms with Gasteiger partial charge in [0.1, 0.15) is 5.75 Å². The van der Waals surface area contributed by atoms with Crippen molar-refractivity contribution in [3.05, 3.63) is 131 Å². The summed E-state index contributed by atoms with van der Waals surface area (Å²) < 4.78 is 5.75. The molecule has 0 bridgehead atoms. The van der Waals surface area contributed by atoms with Gasteiger partial charge in [0, 0.05) is 29.4 Å². The van der Waals surface area contributed by atoms with Crippen LogP contribution in [0.25, 0.3) is 0 Å². The number of amides is 2. The van der Waals surface area contributed by atoms with Crippen molar-refractivity contribution in [3.63, 3.8) is 0 Å². The quantitative estimate of drug-likeness (QED) is 0.0934. The van der Waals surface area contributed by atoms with E-state index in [0.717, 1.165) is 65.9 Å². The molecule has 5 N–H and O–H groups in total. The van der Waals surface area contributed by atoms with E-state index in [-0.39, 0.29) is 16.4 Å². The number of ketones is 2. The molecule has 14 heteroatoms. The molecule has 4 aromatic rings. The summed E-state index contributed by atoms with van der Waals surface area (Å²) in [6.07, 6.45) is 4.19. The molecule has 0 radical (unpaired) electrons. The van der Waals surface area contributed by atoms with Crippen LogP contribution in [-0.4, -0.2) is 83.1 Å². The highest BCUT2D eigenvalue weighted by atomic mass is 32.2. The maximum atomic E-state index is 12.6. The molecule has 1 saturated heterocycles. The minimum atomic E-state index is -3.95. The van der Waals surface area contributed by atoms with E-state index in [2.05, 4.69) is 23.3 Å². The number of hydrogen-bond donors (Lipinski definition) is 5. The summed E-state index contributed by atoms with van der Waals surface area (Å²) in [5.74, 6) is -7.45. The van der Waals surface area contributed by atoms with Gasteiger partial charge in [-0.2, -0.15) is 0 Å². The molecule has 13 nitrogen and oxygen atoms in total. The van der Waals surface area contributed by atoms with E-state index in [1.54, 1.807) is 0 Å². The van der Waals surface area contributed by atoms with E-state index < -0.39 is 45.8 Å². The number of aliphatic carboxylic acids is 2. The highest BCUT2D eigenvalue weighted by molar-refractivity contribution is 8.15. The number of carboxylic acid groups (broad SMARTS) is 2. The van der Waals surface area contributed by atoms with Crippen LogP contribution in [-0.2, 0) is 33.6 Å². The van der Waals surface area contributed by atoms with Gasteiger partial charge in [-0.05, 0) is 42.2 Å². The van der Waals surface area contributed by atoms with E-state index in [1.807, 2.05) is 36.5 Å². The normalized spacial score (nSPS) is 16.0. The molecule has 3 unspecified atom stereocenters. The maximum Gasteiger partial charge on any atom is 0.348 e. The zero-order chi connectivity index (χ0) is 37.2. The molecule has 0 aliphatic carbocycles. The van der Waals surface area contributed by atoms with E-state index >= 15 is 0 Å². The average molecular weight is 715 g/mol. The molecular formula is C37H34N2O11S. The zero-order valence-electron chi connectivity index (χ0n) is 27.2. The van der Waals surface area contributed by atoms with E-state index in [9.17, 15) is 49.2 Å². The van der Waals surface area contributed by atoms with Crippen LogP contribution in [0.3, 0.4) is 0 Å². The Balaban J connectivity index is 0.000000229. The van der Waals surface area contributed by atoms with Crippen molar-refractivity contribution in [2.45, 2.75) is 42.6 Å². The van der Waals surface area contributed by atoms with Crippen LogP contribution in [0.4, 0.5) is 4.79 Å². The number of carbonyl (C=O) groups excluding carboxylic acids is 4. The molecular weight excluding hydrogens is 680 g/mol. The number of nitrogens with one attached hydrogen (secondary N) is 1. The second-order valence-corrected chi connectivity index (χ2v) is 12.4. The highest BCUT2D eigenvalue weighted by Gasteiger charge is 2.69. The average Bonchev–Trinajstić information content (AvgIpc) is 3.47. The summed E-state index contributed by atoms with van der Waals surface area (Å²) in [6, 6.07) is 24.6. The minimum absolute atomic E-state index is 0.211. The Labute approximate surface area is 296 Å². The SMILES string of the molecule is CCc1ccc(CCOc2ccc(CC3SC(=O)NC3=O)cc2)nc1.O=C(O)C(O)(C(=O)c1ccccc1)C(O)(C(=O)O)C(=O)c1ccccc1. The molecule has 2 heterocycles. The summed E-state index contributed by atoms with van der Waals surface area (Å²) in [4.78, 5) is 75.7. The van der Waals surface area contributed by atoms with Crippen molar-refractivity contribution in [1.82, 2.24) is 10.3 Å². The first-order valence-corrected chi connectivity index (χ1v) is 16.5. The van der Waals surface area contributed by atoms with Crippen molar-refractivity contribution >= 4 is 46.4 Å². The second kappa shape index (κ2) is 16.8. The van der Waals surface area contributed by atoms with Gasteiger partial charge in [-0.3, -0.25) is 29.5 Å². The Morgan fingerprint density at radius 1 is 0.765 bits per heavy atom. The third-order valence-electron chi connectivity index (χ3n) is 7.90. The minimum Gasteiger partial charge on any atom is -0.493 e. The number of pyridine rings is 1. The molecule has 2 amide bonds. The molecule has 264 valence electrons. The third kappa shape index (κ3) is 8.73. The van der Waals surface area contributed by atoms with Crippen LogP contribution in [0.15, 0.2) is 103 Å². The van der Waals surface area contributed by atoms with Gasteiger partial charge in [0.05, 0.1) is 11.9 Å². The summed E-state index contributed by atoms with van der Waals surface area (Å²) in [5.41, 5.74) is -5.43. The first-order valence-electron chi connectivity index (χ1n) is 15.6. The van der Waals surface area contributed by atoms with Gasteiger partial charge in [0.25, 0.3) is 16.4 Å². The fourth-order valence-electron chi connectivity index (χ4n) is 4.98. The maximum absolute atomic E-state index is 12.6. The van der Waals surface area contributed by atoms with Gasteiger partial charge >= 0.3 is 11.9 Å². The lowest BCUT2D eigenvalue weighted by atomic mass is 9.73. The lowest BCUT2D eigenvalue weighted by molar-refractivity contribution is -0.187. The molecule has 0 saturated carbocycles. The second-order valence-electron chi connectivity index (χ2n) is 11.3. The lowest BCUT2D eigenvalue weighted by Crippen LogP contribution is -2.71. The van der Waals surface area contributed by atoms with Crippen LogP contribution < -0.4 is 10.1 Å². The zero-order valence-corrected chi connectivity index (χ0v) is 28.0. The van der Waals surface area contributed by atoms with Crippen LogP contribution in [0.1, 0.15) is 44.5 Å². The highest BCUT2D eigenvalue weighted by Crippen LogP contribution is 2.32. The summed E-state index contributed by atoms with van der Waals surface area (Å²) in [6.45, 7) is 2.67. The fraction of sp³-hybridized carbons (Fsp3) is 0.216. The number of ether oxygens (including phenoxy) is 1. The Kier molecular flexibility index (Phi) is 12.6. The molecule has 51 heavy (non-hydrogen) atoms. The number of aliphatic hydroxyl groups is 2. The number of Topliss-reactive ketones (excluding diaryl/α,β-unsaturated/α-hetero) is 2. The van der Waals surface area contributed by atoms with Gasteiger partial charge < -0.3 is 25.2 Å². The smallest absolute Gasteiger partial charge is 0.348 e. The number of imide groups is 1. The number of benzene rings is 3. The molecule has 1 aliphatic rings. The first kappa shape index (κ1) is 38.1. The number of aryl methyl sites for hydroxylation is 1. The van der Waals surface area contributed by atoms with Gasteiger partial charge in [0.15, 0.2) is 0 Å². The predicted molar refractivity (Wildman–Crippen MR) is 185 cm³/mol. The van der Waals surface area contributed by atoms with Gasteiger partial charge in [-0.15, -0.1) is 0 Å². The predicted octanol–water partition coefficient (Wildman–Crippen LogP) is 3.54. The molecule has 1 aliphatic heterocycles. The fourth-order valence-corrected chi connectivity index (χ4v) is 5.84. The van der Waals surface area contributed by atoms with Crippen LogP contribution in [0, 0.1) is 0 Å². The summed E-state index contributed by atoms with van der Waals surface area (Å²) >= 11 is 1.05. The monoisotopic (exact) mass is 714 g/mol. The number of carboxylic acids is 2. The molecule has 0 spiro atoms. The van der Waals surface area contributed by atoms with Crippen molar-refractivity contribution in [1.29, 1.82) is 0 Å². The number of aromatic nitrogens is 1. The van der Waals surface area contributed by atoms with E-state index in [1.165, 1.54) is 42.0 Å². The van der Waals surface area contributed by atoms with Gasteiger partial charge in [-0.25, -0.2) is 9.59 Å². The molecule has 1 fully saturated rings. The summed E-state index contributed by atoms with van der Waals surface area (Å²) in [7, 11) is 0. The number of carbonyl (C=O) groups is 6. The molecule has 5 rings (SSSR count). The van der Waals surface area contributed by atoms with E-state index in [4.69, 9.17) is 4.74 Å². The van der Waals surface area contributed by atoms with Crippen LogP contribution >= 0.6 is 11.8 Å². The van der Waals surface area contributed by atoms with E-state index in [0.29, 0.717) is 13.0 Å². The number of hydrogen-bond acceptors (Lipinski definition) is 11. The van der Waals surface area contributed by atoms with Crippen molar-refractivity contribution in [2.24, 2.45) is 0 Å². The Bertz CT molecular complexity index is 1810. The number of thioether (sulfide) groups is 1. The standard InChI is InChI=1S/C19H20N2O3S.C18H14O8/c1-2-13-3-6-15(20-12-13)9-10-24-16-7-4-14(5-8-16)11-17-18(22)21-19(23)25-17;19-13(11-7-3-1-4-8-11)17(25,15(21)22)18(26,16(23)24)14(20)12-9-5-2-6-10-12/h3-8,12,17H,2,9-11H2,1H3,(H,21,22,23);1-10,25-26H,(H,21,22)(H,23,24). The molecule has 3 atom stereocenters. The number of nitrogens with zero attached hydrogens (tertiary/aromatic N) is 1. The van der Waals surface area contributed by atoms with Gasteiger partial charge in [-0.1, -0.05) is 97.5 Å². The van der Waals surface area contributed by atoms with Gasteiger partial charge in [0.2, 0.25) is 17.5 Å². The largest absolute Gasteiger partial charge is 0.493 e. The Morgan fingerprint density at radius 2 is 1.27 bits per heavy atom. The first-order chi connectivity index (χ1) is 24.3. The van der Waals surface area contributed by atoms with Crippen LogP contribution in [0.5, 0.6) is 5.75 Å². The molecule has 3 aromatic carbocycles. The van der Waals surface area contributed by atoms with Crippen molar-refractivity contribution < 1.29 is 53.9 Å². The number of rotatable bonds is 14. The topological polar surface area (TPSA) is 217 Å². The summed E-state index contributed by atoms with van der Waals surface area (Å²) in [5, 5.41) is 41.6.